The Balaban J connectivity index is 1.79. The monoisotopic (exact) mass is 321 g/mol. The fraction of sp³-hybridized carbons (Fsp3) is 0.286. The predicted molar refractivity (Wildman–Crippen MR) is 78.1 cm³/mol. The van der Waals surface area contributed by atoms with E-state index in [1.54, 1.807) is 12.4 Å². The van der Waals surface area contributed by atoms with Crippen molar-refractivity contribution in [2.75, 3.05) is 6.54 Å². The Labute approximate surface area is 120 Å². The van der Waals surface area contributed by atoms with Crippen LogP contribution in [-0.4, -0.2) is 22.4 Å². The highest BCUT2D eigenvalue weighted by molar-refractivity contribution is 9.10. The lowest BCUT2D eigenvalue weighted by Gasteiger charge is -2.06. The number of nitrogens with one attached hydrogen (secondary N) is 2. The van der Waals surface area contributed by atoms with E-state index in [2.05, 4.69) is 31.2 Å². The first-order chi connectivity index (χ1) is 9.16. The van der Waals surface area contributed by atoms with Gasteiger partial charge in [-0.25, -0.2) is 4.98 Å². The molecule has 1 aromatic carbocycles. The van der Waals surface area contributed by atoms with E-state index in [1.165, 1.54) is 0 Å². The Morgan fingerprint density at radius 1 is 1.47 bits per heavy atom. The van der Waals surface area contributed by atoms with Crippen LogP contribution >= 0.6 is 15.9 Å². The van der Waals surface area contributed by atoms with Gasteiger partial charge in [-0.3, -0.25) is 4.79 Å². The minimum atomic E-state index is -0.0324. The van der Waals surface area contributed by atoms with Gasteiger partial charge in [-0.2, -0.15) is 0 Å². The maximum absolute atomic E-state index is 11.9. The number of nitrogens with zero attached hydrogens (tertiary/aromatic N) is 1. The number of amides is 1. The van der Waals surface area contributed by atoms with Crippen LogP contribution in [-0.2, 0) is 6.42 Å². The Morgan fingerprint density at radius 3 is 3.00 bits per heavy atom. The molecule has 2 N–H and O–H groups in total. The molecule has 0 spiro atoms. The number of hydrogen-bond acceptors (Lipinski definition) is 2. The summed E-state index contributed by atoms with van der Waals surface area (Å²) in [6.07, 6.45) is 5.25. The van der Waals surface area contributed by atoms with Crippen LogP contribution in [0, 0.1) is 6.92 Å². The third-order valence-corrected chi connectivity index (χ3v) is 3.74. The van der Waals surface area contributed by atoms with Crippen LogP contribution < -0.4 is 5.32 Å². The van der Waals surface area contributed by atoms with Crippen molar-refractivity contribution in [1.29, 1.82) is 0 Å². The van der Waals surface area contributed by atoms with Gasteiger partial charge in [0.25, 0.3) is 5.91 Å². The Hall–Kier alpha value is -1.62. The zero-order valence-corrected chi connectivity index (χ0v) is 12.3. The summed E-state index contributed by atoms with van der Waals surface area (Å²) in [5, 5.41) is 2.91. The van der Waals surface area contributed by atoms with Gasteiger partial charge in [0.05, 0.1) is 0 Å². The average Bonchev–Trinajstić information content (AvgIpc) is 2.91. The Morgan fingerprint density at radius 2 is 2.32 bits per heavy atom. The van der Waals surface area contributed by atoms with Gasteiger partial charge in [0, 0.05) is 35.4 Å². The summed E-state index contributed by atoms with van der Waals surface area (Å²) in [6.45, 7) is 2.62. The third kappa shape index (κ3) is 3.92. The normalized spacial score (nSPS) is 10.4. The second-order valence-corrected chi connectivity index (χ2v) is 5.21. The molecular formula is C14H16BrN3O. The fourth-order valence-corrected chi connectivity index (χ4v) is 2.03. The molecule has 2 rings (SSSR count). The first-order valence-electron chi connectivity index (χ1n) is 6.19. The quantitative estimate of drug-likeness (QED) is 0.832. The molecule has 1 heterocycles. The summed E-state index contributed by atoms with van der Waals surface area (Å²) in [5.74, 6) is 0.920. The molecule has 0 aliphatic rings. The molecule has 4 nitrogen and oxygen atoms in total. The van der Waals surface area contributed by atoms with Crippen LogP contribution in [0.2, 0.25) is 0 Å². The summed E-state index contributed by atoms with van der Waals surface area (Å²) < 4.78 is 1.02. The van der Waals surface area contributed by atoms with Crippen molar-refractivity contribution in [1.82, 2.24) is 15.3 Å². The van der Waals surface area contributed by atoms with E-state index >= 15 is 0 Å². The van der Waals surface area contributed by atoms with E-state index in [4.69, 9.17) is 0 Å². The third-order valence-electron chi connectivity index (χ3n) is 2.85. The highest BCUT2D eigenvalue weighted by atomic mass is 79.9. The number of aromatic nitrogens is 2. The molecule has 0 atom stereocenters. The number of benzene rings is 1. The van der Waals surface area contributed by atoms with E-state index in [0.717, 1.165) is 28.7 Å². The van der Waals surface area contributed by atoms with Gasteiger partial charge in [0.2, 0.25) is 0 Å². The van der Waals surface area contributed by atoms with Gasteiger partial charge < -0.3 is 10.3 Å². The lowest BCUT2D eigenvalue weighted by molar-refractivity contribution is 0.0953. The topological polar surface area (TPSA) is 57.8 Å². The minimum Gasteiger partial charge on any atom is -0.352 e. The maximum Gasteiger partial charge on any atom is 0.251 e. The summed E-state index contributed by atoms with van der Waals surface area (Å²) in [5.41, 5.74) is 1.75. The Bertz CT molecular complexity index is 552. The van der Waals surface area contributed by atoms with E-state index in [0.29, 0.717) is 12.1 Å². The second-order valence-electron chi connectivity index (χ2n) is 4.36. The molecule has 19 heavy (non-hydrogen) atoms. The van der Waals surface area contributed by atoms with Crippen LogP contribution in [0.1, 0.15) is 28.2 Å². The van der Waals surface area contributed by atoms with E-state index in [1.807, 2.05) is 25.1 Å². The fourth-order valence-electron chi connectivity index (χ4n) is 1.78. The first kappa shape index (κ1) is 13.8. The molecule has 0 saturated carbocycles. The van der Waals surface area contributed by atoms with Gasteiger partial charge in [0.1, 0.15) is 5.82 Å². The summed E-state index contributed by atoms with van der Waals surface area (Å²) in [4.78, 5) is 19.1. The van der Waals surface area contributed by atoms with Gasteiger partial charge >= 0.3 is 0 Å². The molecule has 0 unspecified atom stereocenters. The molecule has 0 fully saturated rings. The number of hydrogen-bond donors (Lipinski definition) is 2. The number of rotatable bonds is 5. The molecule has 100 valence electrons. The zero-order valence-electron chi connectivity index (χ0n) is 10.7. The first-order valence-corrected chi connectivity index (χ1v) is 6.99. The van der Waals surface area contributed by atoms with Gasteiger partial charge in [-0.15, -0.1) is 0 Å². The van der Waals surface area contributed by atoms with Gasteiger partial charge in [0.15, 0.2) is 0 Å². The molecule has 1 aromatic heterocycles. The van der Waals surface area contributed by atoms with Crippen molar-refractivity contribution in [3.8, 4) is 0 Å². The number of aryl methyl sites for hydroxylation is 2. The number of H-pyrrole nitrogens is 1. The number of carbonyl (C=O) groups is 1. The second kappa shape index (κ2) is 6.52. The largest absolute Gasteiger partial charge is 0.352 e. The van der Waals surface area contributed by atoms with E-state index in [9.17, 15) is 4.79 Å². The van der Waals surface area contributed by atoms with Crippen molar-refractivity contribution in [2.24, 2.45) is 0 Å². The Kier molecular flexibility index (Phi) is 4.74. The standard InChI is InChI=1S/C14H16BrN3O/c1-10-9-11(4-5-12(10)15)14(19)18-6-2-3-13-16-7-8-17-13/h4-5,7-9H,2-3,6H2,1H3,(H,16,17)(H,18,19). The summed E-state index contributed by atoms with van der Waals surface area (Å²) in [7, 11) is 0. The number of halogens is 1. The molecule has 0 saturated heterocycles. The highest BCUT2D eigenvalue weighted by Gasteiger charge is 2.06. The summed E-state index contributed by atoms with van der Waals surface area (Å²) in [6, 6.07) is 5.60. The number of aromatic amines is 1. The van der Waals surface area contributed by atoms with Crippen molar-refractivity contribution >= 4 is 21.8 Å². The smallest absolute Gasteiger partial charge is 0.251 e. The lowest BCUT2D eigenvalue weighted by atomic mass is 10.1. The molecule has 0 aliphatic carbocycles. The molecule has 0 radical (unpaired) electrons. The average molecular weight is 322 g/mol. The van der Waals surface area contributed by atoms with Crippen LogP contribution in [0.4, 0.5) is 0 Å². The molecule has 0 bridgehead atoms. The van der Waals surface area contributed by atoms with Crippen molar-refractivity contribution in [2.45, 2.75) is 19.8 Å². The van der Waals surface area contributed by atoms with Crippen molar-refractivity contribution in [3.05, 3.63) is 52.0 Å². The number of imidazole rings is 1. The van der Waals surface area contributed by atoms with Gasteiger partial charge in [-0.1, -0.05) is 15.9 Å². The lowest BCUT2D eigenvalue weighted by Crippen LogP contribution is -2.24. The molecule has 2 aromatic rings. The SMILES string of the molecule is Cc1cc(C(=O)NCCCc2ncc[nH]2)ccc1Br. The number of carbonyl (C=O) groups excluding carboxylic acids is 1. The van der Waals surface area contributed by atoms with Crippen molar-refractivity contribution in [3.63, 3.8) is 0 Å². The molecule has 1 amide bonds. The summed E-state index contributed by atoms with van der Waals surface area (Å²) >= 11 is 3.42. The predicted octanol–water partition coefficient (Wildman–Crippen LogP) is 2.84. The highest BCUT2D eigenvalue weighted by Crippen LogP contribution is 2.16. The van der Waals surface area contributed by atoms with Crippen LogP contribution in [0.5, 0.6) is 0 Å². The van der Waals surface area contributed by atoms with Crippen LogP contribution in [0.15, 0.2) is 35.1 Å². The molecule has 5 heteroatoms. The van der Waals surface area contributed by atoms with Gasteiger partial charge in [-0.05, 0) is 37.1 Å². The maximum atomic E-state index is 11.9. The van der Waals surface area contributed by atoms with Crippen molar-refractivity contribution < 1.29 is 4.79 Å². The minimum absolute atomic E-state index is 0.0324. The van der Waals surface area contributed by atoms with Crippen LogP contribution in [0.3, 0.4) is 0 Å². The van der Waals surface area contributed by atoms with E-state index in [-0.39, 0.29) is 5.91 Å². The zero-order chi connectivity index (χ0) is 13.7. The molecule has 0 aliphatic heterocycles. The van der Waals surface area contributed by atoms with E-state index < -0.39 is 0 Å². The van der Waals surface area contributed by atoms with Crippen LogP contribution in [0.25, 0.3) is 0 Å². The molecular weight excluding hydrogens is 306 g/mol.